The SMILES string of the molecule is O=c1c2c3c(sc2ncn1Cc1ccc(F)cc1Cl)CCC3. The summed E-state index contributed by atoms with van der Waals surface area (Å²) >= 11 is 7.67. The third-order valence-corrected chi connectivity index (χ3v) is 5.60. The minimum atomic E-state index is -0.384. The van der Waals surface area contributed by atoms with Crippen molar-refractivity contribution in [2.45, 2.75) is 25.8 Å². The third kappa shape index (κ3) is 2.16. The van der Waals surface area contributed by atoms with Crippen molar-refractivity contribution in [3.8, 4) is 0 Å². The molecule has 3 aromatic rings. The van der Waals surface area contributed by atoms with E-state index in [-0.39, 0.29) is 11.4 Å². The van der Waals surface area contributed by atoms with Crippen molar-refractivity contribution in [1.82, 2.24) is 9.55 Å². The largest absolute Gasteiger partial charge is 0.294 e. The fraction of sp³-hybridized carbons (Fsp3) is 0.250. The molecular weight excluding hydrogens is 323 g/mol. The summed E-state index contributed by atoms with van der Waals surface area (Å²) in [4.78, 5) is 19.3. The monoisotopic (exact) mass is 334 g/mol. The van der Waals surface area contributed by atoms with Crippen LogP contribution in [0.4, 0.5) is 4.39 Å². The maximum atomic E-state index is 13.1. The molecule has 0 saturated carbocycles. The Hall–Kier alpha value is -1.72. The molecule has 4 rings (SSSR count). The first-order chi connectivity index (χ1) is 10.6. The number of nitrogens with zero attached hydrogens (tertiary/aromatic N) is 2. The summed E-state index contributed by atoms with van der Waals surface area (Å²) in [5.41, 5.74) is 1.83. The first kappa shape index (κ1) is 13.9. The van der Waals surface area contributed by atoms with E-state index in [0.717, 1.165) is 35.0 Å². The molecule has 0 amide bonds. The van der Waals surface area contributed by atoms with Gasteiger partial charge in [-0.3, -0.25) is 9.36 Å². The van der Waals surface area contributed by atoms with E-state index < -0.39 is 0 Å². The lowest BCUT2D eigenvalue weighted by atomic mass is 10.2. The molecule has 1 aliphatic rings. The van der Waals surface area contributed by atoms with E-state index in [0.29, 0.717) is 17.1 Å². The van der Waals surface area contributed by atoms with Gasteiger partial charge in [0, 0.05) is 9.90 Å². The average Bonchev–Trinajstić information content (AvgIpc) is 3.04. The summed E-state index contributed by atoms with van der Waals surface area (Å²) in [7, 11) is 0. The Morgan fingerprint density at radius 2 is 2.23 bits per heavy atom. The first-order valence-electron chi connectivity index (χ1n) is 7.07. The summed E-state index contributed by atoms with van der Waals surface area (Å²) in [6.45, 7) is 0.297. The van der Waals surface area contributed by atoms with Crippen molar-refractivity contribution in [3.63, 3.8) is 0 Å². The zero-order valence-electron chi connectivity index (χ0n) is 11.6. The van der Waals surface area contributed by atoms with Crippen LogP contribution >= 0.6 is 22.9 Å². The second kappa shape index (κ2) is 5.18. The zero-order chi connectivity index (χ0) is 15.3. The van der Waals surface area contributed by atoms with Crippen molar-refractivity contribution < 1.29 is 4.39 Å². The van der Waals surface area contributed by atoms with Crippen LogP contribution in [0.1, 0.15) is 22.4 Å². The number of aromatic nitrogens is 2. The van der Waals surface area contributed by atoms with Gasteiger partial charge in [0.2, 0.25) is 0 Å². The molecule has 1 aliphatic carbocycles. The number of hydrogen-bond acceptors (Lipinski definition) is 3. The second-order valence-electron chi connectivity index (χ2n) is 5.45. The van der Waals surface area contributed by atoms with Crippen LogP contribution in [0.25, 0.3) is 10.2 Å². The van der Waals surface area contributed by atoms with E-state index in [1.807, 2.05) is 0 Å². The smallest absolute Gasteiger partial charge is 0.262 e. The summed E-state index contributed by atoms with van der Waals surface area (Å²) < 4.78 is 14.7. The summed E-state index contributed by atoms with van der Waals surface area (Å²) in [5.74, 6) is -0.384. The van der Waals surface area contributed by atoms with Gasteiger partial charge in [0.15, 0.2) is 0 Å². The van der Waals surface area contributed by atoms with Crippen molar-refractivity contribution >= 4 is 33.2 Å². The number of hydrogen-bond donors (Lipinski definition) is 0. The molecule has 0 unspecified atom stereocenters. The van der Waals surface area contributed by atoms with Gasteiger partial charge in [0.05, 0.1) is 18.3 Å². The highest BCUT2D eigenvalue weighted by Crippen LogP contribution is 2.34. The molecule has 2 heterocycles. The minimum Gasteiger partial charge on any atom is -0.294 e. The van der Waals surface area contributed by atoms with Gasteiger partial charge >= 0.3 is 0 Å². The Balaban J connectivity index is 1.82. The lowest BCUT2D eigenvalue weighted by Crippen LogP contribution is -2.21. The number of halogens is 2. The Kier molecular flexibility index (Phi) is 3.27. The van der Waals surface area contributed by atoms with Gasteiger partial charge in [-0.1, -0.05) is 17.7 Å². The van der Waals surface area contributed by atoms with Gasteiger partial charge in [-0.15, -0.1) is 11.3 Å². The quantitative estimate of drug-likeness (QED) is 0.714. The summed E-state index contributed by atoms with van der Waals surface area (Å²) in [5, 5.41) is 1.07. The van der Waals surface area contributed by atoms with Gasteiger partial charge in [0.1, 0.15) is 10.6 Å². The van der Waals surface area contributed by atoms with Crippen molar-refractivity contribution in [1.29, 1.82) is 0 Å². The Bertz CT molecular complexity index is 947. The van der Waals surface area contributed by atoms with Gasteiger partial charge < -0.3 is 0 Å². The molecule has 0 bridgehead atoms. The second-order valence-corrected chi connectivity index (χ2v) is 6.94. The Labute approximate surface area is 135 Å². The molecule has 6 heteroatoms. The van der Waals surface area contributed by atoms with Crippen LogP contribution < -0.4 is 5.56 Å². The van der Waals surface area contributed by atoms with Crippen molar-refractivity contribution in [3.05, 3.63) is 61.7 Å². The van der Waals surface area contributed by atoms with Crippen LogP contribution in [0.15, 0.2) is 29.3 Å². The van der Waals surface area contributed by atoms with Crippen LogP contribution in [0, 0.1) is 5.82 Å². The number of thiophene rings is 1. The van der Waals surface area contributed by atoms with Crippen molar-refractivity contribution in [2.75, 3.05) is 0 Å². The van der Waals surface area contributed by atoms with E-state index in [4.69, 9.17) is 11.6 Å². The van der Waals surface area contributed by atoms with E-state index in [9.17, 15) is 9.18 Å². The molecular formula is C16H12ClFN2OS. The number of benzene rings is 1. The highest BCUT2D eigenvalue weighted by Gasteiger charge is 2.21. The number of aryl methyl sites for hydroxylation is 2. The lowest BCUT2D eigenvalue weighted by molar-refractivity contribution is 0.626. The molecule has 0 radical (unpaired) electrons. The van der Waals surface area contributed by atoms with Crippen LogP contribution in [-0.4, -0.2) is 9.55 Å². The molecule has 2 aromatic heterocycles. The molecule has 0 atom stereocenters. The number of fused-ring (bicyclic) bond motifs is 3. The van der Waals surface area contributed by atoms with Gasteiger partial charge in [0.25, 0.3) is 5.56 Å². The Morgan fingerprint density at radius 3 is 3.05 bits per heavy atom. The van der Waals surface area contributed by atoms with Gasteiger partial charge in [-0.2, -0.15) is 0 Å². The highest BCUT2D eigenvalue weighted by atomic mass is 35.5. The fourth-order valence-electron chi connectivity index (χ4n) is 2.97. The van der Waals surface area contributed by atoms with Crippen LogP contribution in [0.3, 0.4) is 0 Å². The van der Waals surface area contributed by atoms with Gasteiger partial charge in [-0.05, 0) is 42.5 Å². The summed E-state index contributed by atoms with van der Waals surface area (Å²) in [6.07, 6.45) is 4.65. The molecule has 0 aliphatic heterocycles. The molecule has 0 spiro atoms. The third-order valence-electron chi connectivity index (χ3n) is 4.05. The molecule has 0 N–H and O–H groups in total. The molecule has 0 fully saturated rings. The van der Waals surface area contributed by atoms with E-state index in [1.54, 1.807) is 28.3 Å². The van der Waals surface area contributed by atoms with E-state index in [1.165, 1.54) is 17.0 Å². The Morgan fingerprint density at radius 1 is 1.36 bits per heavy atom. The molecule has 22 heavy (non-hydrogen) atoms. The predicted molar refractivity (Wildman–Crippen MR) is 86.4 cm³/mol. The van der Waals surface area contributed by atoms with Crippen molar-refractivity contribution in [2.24, 2.45) is 0 Å². The lowest BCUT2D eigenvalue weighted by Gasteiger charge is -2.08. The average molecular weight is 335 g/mol. The predicted octanol–water partition coefficient (Wildman–Crippen LogP) is 3.79. The normalized spacial score (nSPS) is 13.7. The molecule has 3 nitrogen and oxygen atoms in total. The molecule has 0 saturated heterocycles. The van der Waals surface area contributed by atoms with Crippen LogP contribution in [-0.2, 0) is 19.4 Å². The van der Waals surface area contributed by atoms with E-state index >= 15 is 0 Å². The molecule has 1 aromatic carbocycles. The minimum absolute atomic E-state index is 0.0372. The molecule has 112 valence electrons. The maximum absolute atomic E-state index is 13.1. The number of rotatable bonds is 2. The summed E-state index contributed by atoms with van der Waals surface area (Å²) in [6, 6.07) is 4.21. The highest BCUT2D eigenvalue weighted by molar-refractivity contribution is 7.18. The fourth-order valence-corrected chi connectivity index (χ4v) is 4.41. The van der Waals surface area contributed by atoms with Gasteiger partial charge in [-0.25, -0.2) is 9.37 Å². The van der Waals surface area contributed by atoms with E-state index in [2.05, 4.69) is 4.98 Å². The zero-order valence-corrected chi connectivity index (χ0v) is 13.2. The van der Waals surface area contributed by atoms with Crippen LogP contribution in [0.5, 0.6) is 0 Å². The van der Waals surface area contributed by atoms with Crippen LogP contribution in [0.2, 0.25) is 5.02 Å². The topological polar surface area (TPSA) is 34.9 Å². The standard InChI is InChI=1S/C16H12ClFN2OS/c17-12-6-10(18)5-4-9(12)7-20-8-19-15-14(16(20)21)11-2-1-3-13(11)22-15/h4-6,8H,1-3,7H2. The first-order valence-corrected chi connectivity index (χ1v) is 8.26. The maximum Gasteiger partial charge on any atom is 0.262 e.